The van der Waals surface area contributed by atoms with Gasteiger partial charge < -0.3 is 4.84 Å². The van der Waals surface area contributed by atoms with Crippen LogP contribution in [0.25, 0.3) is 0 Å². The molecule has 4 aliphatic carbocycles. The summed E-state index contributed by atoms with van der Waals surface area (Å²) >= 11 is 0. The number of fused-ring (bicyclic) bond motifs is 4. The third-order valence-corrected chi connectivity index (χ3v) is 10.9. The maximum atomic E-state index is 5.75. The average Bonchev–Trinajstić information content (AvgIpc) is 3.04. The minimum absolute atomic E-state index is 0.395. The van der Waals surface area contributed by atoms with Crippen molar-refractivity contribution < 1.29 is 4.84 Å². The summed E-state index contributed by atoms with van der Waals surface area (Å²) in [6.45, 7) is 10.1. The highest BCUT2D eigenvalue weighted by Gasteiger charge is 2.62. The van der Waals surface area contributed by atoms with E-state index in [4.69, 9.17) is 4.84 Å². The Morgan fingerprint density at radius 2 is 1.79 bits per heavy atom. The molecule has 1 spiro atoms. The zero-order valence-corrected chi connectivity index (χ0v) is 19.5. The van der Waals surface area contributed by atoms with E-state index in [0.29, 0.717) is 16.9 Å². The summed E-state index contributed by atoms with van der Waals surface area (Å²) in [5.41, 5.74) is 1.00. The molecular weight excluding hydrogens is 354 g/mol. The first kappa shape index (κ1) is 20.4. The molecule has 0 saturated heterocycles. The molecule has 0 aromatic rings. The molecular formula is C27H45NO. The van der Waals surface area contributed by atoms with Crippen molar-refractivity contribution in [2.75, 3.05) is 0 Å². The molecule has 0 amide bonds. The number of hydrogen-bond donors (Lipinski definition) is 0. The molecule has 0 N–H and O–H groups in total. The third-order valence-electron chi connectivity index (χ3n) is 10.9. The zero-order valence-electron chi connectivity index (χ0n) is 19.5. The lowest BCUT2D eigenvalue weighted by molar-refractivity contribution is -0.129. The number of hydrogen-bond acceptors (Lipinski definition) is 2. The molecule has 2 heteroatoms. The second-order valence-corrected chi connectivity index (χ2v) is 12.5. The van der Waals surface area contributed by atoms with E-state index in [-0.39, 0.29) is 0 Å². The Morgan fingerprint density at radius 3 is 2.62 bits per heavy atom. The van der Waals surface area contributed by atoms with Gasteiger partial charge in [-0.15, -0.1) is 0 Å². The summed E-state index contributed by atoms with van der Waals surface area (Å²) in [7, 11) is 0. The SMILES string of the molecule is CC(C)CCC[C@H](C)[C@@H]1CC[C@@H]2[C@@H]3CC[C@H]4CC[C@H]5C[C@@]4(C=NO5)[C@@H]3CC[C@]21C. The summed E-state index contributed by atoms with van der Waals surface area (Å²) in [6.07, 6.45) is 19.9. The summed E-state index contributed by atoms with van der Waals surface area (Å²) in [4.78, 5) is 5.75. The normalized spacial score (nSPS) is 49.1. The summed E-state index contributed by atoms with van der Waals surface area (Å²) in [6, 6.07) is 0. The van der Waals surface area contributed by atoms with E-state index in [1.165, 1.54) is 77.0 Å². The molecule has 164 valence electrons. The van der Waals surface area contributed by atoms with Crippen LogP contribution < -0.4 is 0 Å². The Labute approximate surface area is 179 Å². The van der Waals surface area contributed by atoms with Crippen molar-refractivity contribution in [3.05, 3.63) is 0 Å². The molecule has 0 aromatic carbocycles. The van der Waals surface area contributed by atoms with E-state index in [9.17, 15) is 0 Å². The lowest BCUT2D eigenvalue weighted by Crippen LogP contribution is -2.57. The van der Waals surface area contributed by atoms with E-state index in [1.54, 1.807) is 0 Å². The maximum absolute atomic E-state index is 5.75. The molecule has 4 fully saturated rings. The van der Waals surface area contributed by atoms with Gasteiger partial charge in [-0.2, -0.15) is 0 Å². The lowest BCUT2D eigenvalue weighted by Gasteiger charge is -2.61. The molecule has 29 heavy (non-hydrogen) atoms. The fourth-order valence-electron chi connectivity index (χ4n) is 9.52. The van der Waals surface area contributed by atoms with Crippen molar-refractivity contribution >= 4 is 6.21 Å². The van der Waals surface area contributed by atoms with Gasteiger partial charge in [0, 0.05) is 5.41 Å². The second kappa shape index (κ2) is 7.56. The van der Waals surface area contributed by atoms with Crippen LogP contribution in [0.5, 0.6) is 0 Å². The Kier molecular flexibility index (Phi) is 5.31. The topological polar surface area (TPSA) is 21.6 Å². The molecule has 1 aliphatic heterocycles. The molecule has 0 unspecified atom stereocenters. The van der Waals surface area contributed by atoms with E-state index in [1.807, 2.05) is 0 Å². The number of nitrogens with zero attached hydrogens (tertiary/aromatic N) is 1. The van der Waals surface area contributed by atoms with Crippen LogP contribution in [0.2, 0.25) is 0 Å². The largest absolute Gasteiger partial charge is 0.393 e. The Balaban J connectivity index is 1.33. The summed E-state index contributed by atoms with van der Waals surface area (Å²) in [5.74, 6) is 6.47. The fraction of sp³-hybridized carbons (Fsp3) is 0.963. The second-order valence-electron chi connectivity index (χ2n) is 12.5. The van der Waals surface area contributed by atoms with Crippen molar-refractivity contribution in [1.29, 1.82) is 0 Å². The first-order valence-corrected chi connectivity index (χ1v) is 13.1. The van der Waals surface area contributed by atoms with Gasteiger partial charge in [0.2, 0.25) is 0 Å². The van der Waals surface area contributed by atoms with Gasteiger partial charge in [-0.25, -0.2) is 0 Å². The van der Waals surface area contributed by atoms with Crippen LogP contribution in [-0.4, -0.2) is 12.3 Å². The summed E-state index contributed by atoms with van der Waals surface area (Å²) in [5, 5.41) is 4.50. The van der Waals surface area contributed by atoms with Gasteiger partial charge in [0.1, 0.15) is 6.10 Å². The smallest absolute Gasteiger partial charge is 0.128 e. The Morgan fingerprint density at radius 1 is 0.966 bits per heavy atom. The van der Waals surface area contributed by atoms with Gasteiger partial charge in [0.25, 0.3) is 0 Å². The molecule has 1 heterocycles. The van der Waals surface area contributed by atoms with E-state index in [2.05, 4.69) is 39.1 Å². The Hall–Kier alpha value is -0.530. The van der Waals surface area contributed by atoms with Gasteiger partial charge in [0.15, 0.2) is 0 Å². The number of rotatable bonds is 5. The molecule has 5 rings (SSSR count). The van der Waals surface area contributed by atoms with Crippen LogP contribution in [0.1, 0.15) is 105 Å². The highest BCUT2D eigenvalue weighted by atomic mass is 16.6. The molecule has 9 atom stereocenters. The quantitative estimate of drug-likeness (QED) is 0.470. The van der Waals surface area contributed by atoms with Crippen molar-refractivity contribution in [2.24, 2.45) is 57.4 Å². The third kappa shape index (κ3) is 3.21. The van der Waals surface area contributed by atoms with Gasteiger partial charge in [0.05, 0.1) is 6.21 Å². The predicted octanol–water partition coefficient (Wildman–Crippen LogP) is 7.47. The molecule has 2 nitrogen and oxygen atoms in total. The average molecular weight is 400 g/mol. The van der Waals surface area contributed by atoms with Gasteiger partial charge in [-0.05, 0) is 105 Å². The van der Waals surface area contributed by atoms with Gasteiger partial charge in [-0.1, -0.05) is 52.1 Å². The fourth-order valence-corrected chi connectivity index (χ4v) is 9.52. The van der Waals surface area contributed by atoms with Gasteiger partial charge >= 0.3 is 0 Å². The zero-order chi connectivity index (χ0) is 20.2. The minimum atomic E-state index is 0.395. The molecule has 0 radical (unpaired) electrons. The summed E-state index contributed by atoms with van der Waals surface area (Å²) < 4.78 is 0. The van der Waals surface area contributed by atoms with Gasteiger partial charge in [-0.3, -0.25) is 0 Å². The van der Waals surface area contributed by atoms with Crippen molar-refractivity contribution in [3.8, 4) is 0 Å². The monoisotopic (exact) mass is 399 g/mol. The highest BCUT2D eigenvalue weighted by molar-refractivity contribution is 5.68. The number of oxime groups is 1. The van der Waals surface area contributed by atoms with Crippen LogP contribution in [0, 0.1) is 52.3 Å². The minimum Gasteiger partial charge on any atom is -0.393 e. The van der Waals surface area contributed by atoms with Crippen molar-refractivity contribution in [2.45, 2.75) is 111 Å². The van der Waals surface area contributed by atoms with E-state index in [0.717, 1.165) is 41.4 Å². The van der Waals surface area contributed by atoms with Crippen LogP contribution >= 0.6 is 0 Å². The Bertz CT molecular complexity index is 628. The standard InChI is InChI=1S/C27H45NO/c1-18(2)6-5-7-19(3)23-12-13-24-22-11-9-20-8-10-21-16-27(20,17-28-29-21)25(22)14-15-26(23,24)4/h17-25H,5-16H2,1-4H3/t19-,20+,21-,22-,23-,24+,25+,26-,27-/m0/s1. The first-order chi connectivity index (χ1) is 13.9. The highest BCUT2D eigenvalue weighted by Crippen LogP contribution is 2.68. The van der Waals surface area contributed by atoms with Crippen LogP contribution in [-0.2, 0) is 4.84 Å². The molecule has 5 aliphatic rings. The first-order valence-electron chi connectivity index (χ1n) is 13.1. The molecule has 0 aromatic heterocycles. The van der Waals surface area contributed by atoms with Crippen LogP contribution in [0.15, 0.2) is 5.16 Å². The maximum Gasteiger partial charge on any atom is 0.128 e. The van der Waals surface area contributed by atoms with Crippen molar-refractivity contribution in [3.63, 3.8) is 0 Å². The predicted molar refractivity (Wildman–Crippen MR) is 121 cm³/mol. The van der Waals surface area contributed by atoms with E-state index >= 15 is 0 Å². The lowest BCUT2D eigenvalue weighted by atomic mass is 9.44. The van der Waals surface area contributed by atoms with E-state index < -0.39 is 0 Å². The van der Waals surface area contributed by atoms with Crippen LogP contribution in [0.3, 0.4) is 0 Å². The van der Waals surface area contributed by atoms with Crippen molar-refractivity contribution in [1.82, 2.24) is 0 Å². The molecule has 2 bridgehead atoms. The van der Waals surface area contributed by atoms with Crippen LogP contribution in [0.4, 0.5) is 0 Å². The molecule has 4 saturated carbocycles.